The van der Waals surface area contributed by atoms with E-state index in [2.05, 4.69) is 10.1 Å². The van der Waals surface area contributed by atoms with Gasteiger partial charge in [0.05, 0.1) is 0 Å². The highest BCUT2D eigenvalue weighted by Gasteiger charge is 2.20. The van der Waals surface area contributed by atoms with Gasteiger partial charge in [-0.05, 0) is 32.9 Å². The summed E-state index contributed by atoms with van der Waals surface area (Å²) >= 11 is 0. The van der Waals surface area contributed by atoms with E-state index in [1.165, 1.54) is 0 Å². The average molecular weight is 271 g/mol. The number of benzene rings is 1. The van der Waals surface area contributed by atoms with Gasteiger partial charge in [0, 0.05) is 5.54 Å². The maximum absolute atomic E-state index is 13.3. The van der Waals surface area contributed by atoms with Crippen molar-refractivity contribution in [3.63, 3.8) is 0 Å². The van der Waals surface area contributed by atoms with Crippen LogP contribution in [0.15, 0.2) is 18.2 Å². The Morgan fingerprint density at radius 3 is 2.21 bits per heavy atom. The van der Waals surface area contributed by atoms with Crippen molar-refractivity contribution in [1.29, 1.82) is 0 Å². The topological polar surface area (TPSA) is 55.4 Å². The van der Waals surface area contributed by atoms with Gasteiger partial charge in [0.25, 0.3) is 5.91 Å². The molecule has 1 aromatic rings. The van der Waals surface area contributed by atoms with Gasteiger partial charge in [-0.15, -0.1) is 0 Å². The van der Waals surface area contributed by atoms with Gasteiger partial charge in [-0.3, -0.25) is 4.79 Å². The first-order valence-electron chi connectivity index (χ1n) is 5.63. The standard InChI is InChI=1S/C13H15F2NO3/c1-13(2,3)16-10(17)7-19-12(18)11-8(14)5-4-6-9(11)15/h4-6H,7H2,1-3H3,(H,16,17). The largest absolute Gasteiger partial charge is 0.452 e. The third-order valence-corrected chi connectivity index (χ3v) is 2.02. The minimum Gasteiger partial charge on any atom is -0.452 e. The average Bonchev–Trinajstić information content (AvgIpc) is 2.23. The number of hydrogen-bond acceptors (Lipinski definition) is 3. The van der Waals surface area contributed by atoms with Crippen LogP contribution < -0.4 is 5.32 Å². The summed E-state index contributed by atoms with van der Waals surface area (Å²) in [6.45, 7) is 4.67. The van der Waals surface area contributed by atoms with Gasteiger partial charge in [-0.25, -0.2) is 13.6 Å². The second-order valence-corrected chi connectivity index (χ2v) is 4.97. The van der Waals surface area contributed by atoms with Gasteiger partial charge in [0.1, 0.15) is 17.2 Å². The van der Waals surface area contributed by atoms with Gasteiger partial charge in [-0.1, -0.05) is 6.07 Å². The SMILES string of the molecule is CC(C)(C)NC(=O)COC(=O)c1c(F)cccc1F. The number of carbonyl (C=O) groups excluding carboxylic acids is 2. The zero-order chi connectivity index (χ0) is 14.6. The molecule has 0 saturated heterocycles. The fraction of sp³-hybridized carbons (Fsp3) is 0.385. The first-order chi connectivity index (χ1) is 8.70. The predicted octanol–water partition coefficient (Wildman–Crippen LogP) is 2.04. The highest BCUT2D eigenvalue weighted by atomic mass is 19.1. The van der Waals surface area contributed by atoms with Crippen LogP contribution in [-0.2, 0) is 9.53 Å². The number of halogens is 2. The molecule has 104 valence electrons. The lowest BCUT2D eigenvalue weighted by atomic mass is 10.1. The Bertz CT molecular complexity index is 475. The minimum atomic E-state index is -1.21. The van der Waals surface area contributed by atoms with Crippen LogP contribution in [0, 0.1) is 11.6 Å². The molecule has 1 N–H and O–H groups in total. The van der Waals surface area contributed by atoms with Crippen molar-refractivity contribution in [3.05, 3.63) is 35.4 Å². The van der Waals surface area contributed by atoms with E-state index in [4.69, 9.17) is 0 Å². The van der Waals surface area contributed by atoms with Crippen LogP contribution >= 0.6 is 0 Å². The van der Waals surface area contributed by atoms with Crippen LogP contribution in [-0.4, -0.2) is 24.0 Å². The highest BCUT2D eigenvalue weighted by Crippen LogP contribution is 2.13. The van der Waals surface area contributed by atoms with Crippen molar-refractivity contribution >= 4 is 11.9 Å². The molecule has 4 nitrogen and oxygen atoms in total. The summed E-state index contributed by atoms with van der Waals surface area (Å²) in [7, 11) is 0. The molecule has 0 atom stereocenters. The molecule has 0 fully saturated rings. The lowest BCUT2D eigenvalue weighted by Crippen LogP contribution is -2.42. The minimum absolute atomic E-state index is 0.479. The highest BCUT2D eigenvalue weighted by molar-refractivity contribution is 5.91. The Balaban J connectivity index is 2.64. The maximum atomic E-state index is 13.3. The van der Waals surface area contributed by atoms with Crippen molar-refractivity contribution < 1.29 is 23.1 Å². The van der Waals surface area contributed by atoms with Crippen molar-refractivity contribution in [2.75, 3.05) is 6.61 Å². The molecule has 0 radical (unpaired) electrons. The van der Waals surface area contributed by atoms with Gasteiger partial charge < -0.3 is 10.1 Å². The zero-order valence-corrected chi connectivity index (χ0v) is 10.9. The molecule has 0 heterocycles. The van der Waals surface area contributed by atoms with E-state index in [9.17, 15) is 18.4 Å². The van der Waals surface area contributed by atoms with Crippen LogP contribution in [0.3, 0.4) is 0 Å². The molecule has 0 aromatic heterocycles. The van der Waals surface area contributed by atoms with Gasteiger partial charge in [0.2, 0.25) is 0 Å². The Morgan fingerprint density at radius 1 is 1.21 bits per heavy atom. The van der Waals surface area contributed by atoms with E-state index in [0.717, 1.165) is 18.2 Å². The number of nitrogens with one attached hydrogen (secondary N) is 1. The number of amides is 1. The van der Waals surface area contributed by atoms with Crippen molar-refractivity contribution in [1.82, 2.24) is 5.32 Å². The molecule has 0 aliphatic heterocycles. The molecule has 1 aromatic carbocycles. The summed E-state index contributed by atoms with van der Waals surface area (Å²) in [6, 6.07) is 3.01. The molecular formula is C13H15F2NO3. The summed E-state index contributed by atoms with van der Waals surface area (Å²) < 4.78 is 31.1. The Labute approximate surface area is 109 Å². The van der Waals surface area contributed by atoms with E-state index < -0.39 is 41.2 Å². The first-order valence-corrected chi connectivity index (χ1v) is 5.63. The summed E-state index contributed by atoms with van der Waals surface area (Å²) in [4.78, 5) is 22.9. The molecule has 0 bridgehead atoms. The first kappa shape index (κ1) is 15.1. The van der Waals surface area contributed by atoms with Crippen LogP contribution in [0.1, 0.15) is 31.1 Å². The molecule has 0 spiro atoms. The van der Waals surface area contributed by atoms with Gasteiger partial charge in [-0.2, -0.15) is 0 Å². The second-order valence-electron chi connectivity index (χ2n) is 4.97. The van der Waals surface area contributed by atoms with E-state index in [-0.39, 0.29) is 0 Å². The number of carbonyl (C=O) groups is 2. The zero-order valence-electron chi connectivity index (χ0n) is 10.9. The summed E-state index contributed by atoms with van der Waals surface area (Å²) in [6.07, 6.45) is 0. The lowest BCUT2D eigenvalue weighted by Gasteiger charge is -2.20. The van der Waals surface area contributed by atoms with Crippen LogP contribution in [0.25, 0.3) is 0 Å². The fourth-order valence-electron chi connectivity index (χ4n) is 1.35. The Kier molecular flexibility index (Phi) is 4.58. The molecule has 1 amide bonds. The van der Waals surface area contributed by atoms with Crippen molar-refractivity contribution in [2.24, 2.45) is 0 Å². The van der Waals surface area contributed by atoms with Crippen LogP contribution in [0.2, 0.25) is 0 Å². The second kappa shape index (κ2) is 5.77. The van der Waals surface area contributed by atoms with Crippen molar-refractivity contribution in [2.45, 2.75) is 26.3 Å². The van der Waals surface area contributed by atoms with E-state index in [1.807, 2.05) is 0 Å². The van der Waals surface area contributed by atoms with E-state index in [1.54, 1.807) is 20.8 Å². The van der Waals surface area contributed by atoms with Crippen LogP contribution in [0.4, 0.5) is 8.78 Å². The molecule has 0 aliphatic rings. The molecule has 0 aliphatic carbocycles. The number of rotatable bonds is 3. The van der Waals surface area contributed by atoms with Crippen LogP contribution in [0.5, 0.6) is 0 Å². The maximum Gasteiger partial charge on any atom is 0.344 e. The summed E-state index contributed by atoms with van der Waals surface area (Å²) in [5.74, 6) is -3.81. The Morgan fingerprint density at radius 2 is 1.74 bits per heavy atom. The third-order valence-electron chi connectivity index (χ3n) is 2.02. The quantitative estimate of drug-likeness (QED) is 0.856. The smallest absolute Gasteiger partial charge is 0.344 e. The normalized spacial score (nSPS) is 11.0. The number of hydrogen-bond donors (Lipinski definition) is 1. The van der Waals surface area contributed by atoms with Gasteiger partial charge in [0.15, 0.2) is 6.61 Å². The molecule has 19 heavy (non-hydrogen) atoms. The molecule has 0 unspecified atom stereocenters. The van der Waals surface area contributed by atoms with E-state index in [0.29, 0.717) is 0 Å². The summed E-state index contributed by atoms with van der Waals surface area (Å²) in [5.41, 5.74) is -1.28. The van der Waals surface area contributed by atoms with Crippen molar-refractivity contribution in [3.8, 4) is 0 Å². The molecule has 6 heteroatoms. The Hall–Kier alpha value is -1.98. The lowest BCUT2D eigenvalue weighted by molar-refractivity contribution is -0.125. The van der Waals surface area contributed by atoms with Gasteiger partial charge >= 0.3 is 5.97 Å². The summed E-state index contributed by atoms with van der Waals surface area (Å²) in [5, 5.41) is 2.55. The monoisotopic (exact) mass is 271 g/mol. The van der Waals surface area contributed by atoms with E-state index >= 15 is 0 Å². The molecular weight excluding hydrogens is 256 g/mol. The number of esters is 1. The molecule has 1 rings (SSSR count). The third kappa shape index (κ3) is 4.65. The predicted molar refractivity (Wildman–Crippen MR) is 64.5 cm³/mol. The molecule has 0 saturated carbocycles. The number of ether oxygens (including phenoxy) is 1. The fourth-order valence-corrected chi connectivity index (χ4v) is 1.35.